The predicted octanol–water partition coefficient (Wildman–Crippen LogP) is 8.69. The fourth-order valence-electron chi connectivity index (χ4n) is 9.92. The van der Waals surface area contributed by atoms with Gasteiger partial charge in [-0.15, -0.1) is 11.6 Å². The average Bonchev–Trinajstić information content (AvgIpc) is 3.32. The number of aldehydes is 1. The van der Waals surface area contributed by atoms with Gasteiger partial charge in [0.2, 0.25) is 5.79 Å². The van der Waals surface area contributed by atoms with Crippen molar-refractivity contribution in [1.29, 1.82) is 0 Å². The SMILES string of the molecule is CCC(=O)O[C@H]1/C(=C/C(=O)OC)C[C@@H](C[C@@H](OC(=O)C[C@H](C)CC(=O)O[C@@H](C[C@@H]2CCOC3(C[C@H](C)CC[C@H]3C(C)C)O2)C(C)(C)COC(=O)CCl)[C@@H](C)OCc2ccccc2)O[C@@]1(O)C(C)(C)/C=C/C=O. The third kappa shape index (κ3) is 16.9. The number of allylic oxidation sites excluding steroid dienone is 1. The highest BCUT2D eigenvalue weighted by Gasteiger charge is 2.58. The van der Waals surface area contributed by atoms with Crippen LogP contribution in [-0.4, -0.2) is 116 Å². The Kier molecular flexibility index (Phi) is 23.0. The van der Waals surface area contributed by atoms with E-state index in [9.17, 15) is 33.9 Å². The van der Waals surface area contributed by atoms with E-state index in [1.807, 2.05) is 44.2 Å². The van der Waals surface area contributed by atoms with Crippen LogP contribution in [0.15, 0.2) is 54.1 Å². The number of halogens is 1. The van der Waals surface area contributed by atoms with Gasteiger partial charge >= 0.3 is 29.8 Å². The molecule has 2 aliphatic heterocycles. The normalized spacial score (nSPS) is 27.1. The molecule has 0 radical (unpaired) electrons. The summed E-state index contributed by atoms with van der Waals surface area (Å²) in [6.07, 6.45) is 2.16. The average molecular weight is 1030 g/mol. The summed E-state index contributed by atoms with van der Waals surface area (Å²) in [5, 5.41) is 12.5. The predicted molar refractivity (Wildman–Crippen MR) is 267 cm³/mol. The first-order valence-corrected chi connectivity index (χ1v) is 26.0. The second-order valence-electron chi connectivity index (χ2n) is 21.5. The fourth-order valence-corrected chi connectivity index (χ4v) is 9.99. The fraction of sp³-hybridized carbons (Fsp3) is 0.709. The van der Waals surface area contributed by atoms with Crippen molar-refractivity contribution in [2.24, 2.45) is 34.5 Å². The Labute approximate surface area is 431 Å². The van der Waals surface area contributed by atoms with Crippen molar-refractivity contribution in [2.75, 3.05) is 26.2 Å². The van der Waals surface area contributed by atoms with Gasteiger partial charge in [0.1, 0.15) is 24.4 Å². The van der Waals surface area contributed by atoms with Crippen LogP contribution in [0.4, 0.5) is 0 Å². The van der Waals surface area contributed by atoms with Crippen LogP contribution < -0.4 is 0 Å². The van der Waals surface area contributed by atoms with E-state index in [2.05, 4.69) is 20.8 Å². The smallest absolute Gasteiger partial charge is 0.330 e. The summed E-state index contributed by atoms with van der Waals surface area (Å²) in [5.41, 5.74) is -1.22. The van der Waals surface area contributed by atoms with Crippen molar-refractivity contribution in [3.63, 3.8) is 0 Å². The molecule has 2 saturated heterocycles. The van der Waals surface area contributed by atoms with Crippen LogP contribution in [0.3, 0.4) is 0 Å². The maximum Gasteiger partial charge on any atom is 0.330 e. The number of carbonyl (C=O) groups is 6. The first kappa shape index (κ1) is 60.4. The van der Waals surface area contributed by atoms with Crippen LogP contribution in [0.1, 0.15) is 139 Å². The molecule has 0 bridgehead atoms. The molecule has 1 aliphatic carbocycles. The van der Waals surface area contributed by atoms with Crippen molar-refractivity contribution in [3.05, 3.63) is 59.7 Å². The Morgan fingerprint density at radius 2 is 1.58 bits per heavy atom. The van der Waals surface area contributed by atoms with Gasteiger partial charge in [-0.25, -0.2) is 4.79 Å². The molecule has 16 nitrogen and oxygen atoms in total. The van der Waals surface area contributed by atoms with Gasteiger partial charge in [0.15, 0.2) is 11.9 Å². The standard InChI is InChI=1S/C55H81ClO16/c1-12-46(58)70-51-40(28-47(59)64-11)27-42(72-55(51,63)53(9,10)22-16-23-57)29-44(38(6)65-33-39-17-14-13-15-18-39)68-48(60)25-37(5)26-49(61)69-45(52(7,8)34-66-50(62)32-56)30-41-21-24-67-54(71-41)31-36(4)19-20-43(54)35(2)3/h13-18,22-23,28,35-38,41-45,51,63H,12,19-21,24-27,29-34H2,1-11H3/b22-16+,40-28+/t36-,37+,38-,41+,42+,43+,44-,45+,51+,54?,55-/m1/s1. The third-order valence-corrected chi connectivity index (χ3v) is 14.4. The van der Waals surface area contributed by atoms with Gasteiger partial charge in [-0.2, -0.15) is 0 Å². The summed E-state index contributed by atoms with van der Waals surface area (Å²) in [4.78, 5) is 77.3. The van der Waals surface area contributed by atoms with Crippen molar-refractivity contribution in [1.82, 2.24) is 0 Å². The highest BCUT2D eigenvalue weighted by Crippen LogP contribution is 2.49. The number of aliphatic hydroxyl groups is 1. The molecule has 1 saturated carbocycles. The van der Waals surface area contributed by atoms with Crippen LogP contribution in [-0.2, 0) is 78.0 Å². The summed E-state index contributed by atoms with van der Waals surface area (Å²) in [7, 11) is 1.19. The highest BCUT2D eigenvalue weighted by atomic mass is 35.5. The number of carbonyl (C=O) groups excluding carboxylic acids is 6. The minimum absolute atomic E-state index is 0.0501. The number of hydrogen-bond donors (Lipinski definition) is 1. The molecule has 1 N–H and O–H groups in total. The second kappa shape index (κ2) is 27.4. The zero-order chi connectivity index (χ0) is 53.4. The largest absolute Gasteiger partial charge is 0.466 e. The molecule has 0 aromatic heterocycles. The van der Waals surface area contributed by atoms with Crippen LogP contribution in [0.2, 0.25) is 0 Å². The van der Waals surface area contributed by atoms with Crippen molar-refractivity contribution >= 4 is 47.7 Å². The molecule has 1 unspecified atom stereocenters. The summed E-state index contributed by atoms with van der Waals surface area (Å²) < 4.78 is 54.8. The monoisotopic (exact) mass is 1030 g/mol. The molecule has 3 aliphatic rings. The summed E-state index contributed by atoms with van der Waals surface area (Å²) in [6, 6.07) is 9.39. The van der Waals surface area contributed by atoms with Crippen LogP contribution in [0, 0.1) is 34.5 Å². The lowest BCUT2D eigenvalue weighted by Crippen LogP contribution is -2.62. The Morgan fingerprint density at radius 1 is 0.903 bits per heavy atom. The number of esters is 5. The number of rotatable bonds is 25. The third-order valence-electron chi connectivity index (χ3n) is 14.2. The lowest BCUT2D eigenvalue weighted by Gasteiger charge is -2.52. The zero-order valence-corrected chi connectivity index (χ0v) is 45.1. The molecule has 0 amide bonds. The number of alkyl halides is 1. The van der Waals surface area contributed by atoms with E-state index in [1.54, 1.807) is 34.6 Å². The molecule has 1 aromatic rings. The number of hydrogen-bond acceptors (Lipinski definition) is 16. The summed E-state index contributed by atoms with van der Waals surface area (Å²) in [5.74, 6) is -6.32. The quantitative estimate of drug-likeness (QED) is 0.0320. The number of methoxy groups -OCH3 is 1. The van der Waals surface area contributed by atoms with E-state index in [0.29, 0.717) is 37.6 Å². The first-order valence-electron chi connectivity index (χ1n) is 25.5. The van der Waals surface area contributed by atoms with Gasteiger partial charge in [0, 0.05) is 61.3 Å². The minimum Gasteiger partial charge on any atom is -0.466 e. The lowest BCUT2D eigenvalue weighted by molar-refractivity contribution is -0.342. The van der Waals surface area contributed by atoms with Crippen molar-refractivity contribution < 1.29 is 76.5 Å². The van der Waals surface area contributed by atoms with E-state index in [-0.39, 0.29) is 68.8 Å². The molecular weight excluding hydrogens is 952 g/mol. The number of benzene rings is 1. The van der Waals surface area contributed by atoms with Crippen molar-refractivity contribution in [3.8, 4) is 0 Å². The second-order valence-corrected chi connectivity index (χ2v) is 21.8. The molecule has 4 rings (SSSR count). The van der Waals surface area contributed by atoms with Gasteiger partial charge in [0.05, 0.1) is 45.2 Å². The first-order chi connectivity index (χ1) is 33.9. The Bertz CT molecular complexity index is 2020. The Hall–Kier alpha value is -4.19. The van der Waals surface area contributed by atoms with E-state index >= 15 is 0 Å². The maximum absolute atomic E-state index is 14.0. The van der Waals surface area contributed by atoms with Crippen molar-refractivity contribution in [2.45, 2.75) is 188 Å². The van der Waals surface area contributed by atoms with Gasteiger partial charge in [0.25, 0.3) is 0 Å². The Morgan fingerprint density at radius 3 is 2.21 bits per heavy atom. The van der Waals surface area contributed by atoms with Crippen LogP contribution in [0.25, 0.3) is 0 Å². The topological polar surface area (TPSA) is 206 Å². The molecule has 72 heavy (non-hydrogen) atoms. The number of ether oxygens (including phenoxy) is 9. The molecule has 11 atom stereocenters. The van der Waals surface area contributed by atoms with E-state index in [0.717, 1.165) is 30.9 Å². The molecule has 2 heterocycles. The summed E-state index contributed by atoms with van der Waals surface area (Å²) >= 11 is 5.77. The van der Waals surface area contributed by atoms with E-state index in [4.69, 9.17) is 54.2 Å². The van der Waals surface area contributed by atoms with Gasteiger partial charge in [-0.3, -0.25) is 24.0 Å². The molecule has 1 aromatic carbocycles. The molecule has 1 spiro atoms. The Balaban J connectivity index is 1.57. The minimum atomic E-state index is -2.35. The lowest BCUT2D eigenvalue weighted by atomic mass is 9.72. The maximum atomic E-state index is 14.0. The molecule has 17 heteroatoms. The highest BCUT2D eigenvalue weighted by molar-refractivity contribution is 6.26. The van der Waals surface area contributed by atoms with Crippen LogP contribution in [0.5, 0.6) is 0 Å². The van der Waals surface area contributed by atoms with Gasteiger partial charge in [-0.1, -0.05) is 105 Å². The van der Waals surface area contributed by atoms with E-state index < -0.39 is 88.7 Å². The van der Waals surface area contributed by atoms with Gasteiger partial charge < -0.3 is 47.7 Å². The van der Waals surface area contributed by atoms with Crippen LogP contribution >= 0.6 is 11.6 Å². The zero-order valence-electron chi connectivity index (χ0n) is 44.3. The van der Waals surface area contributed by atoms with E-state index in [1.165, 1.54) is 19.3 Å². The molecule has 3 fully saturated rings. The van der Waals surface area contributed by atoms with Gasteiger partial charge in [-0.05, 0) is 61.2 Å². The molecule has 404 valence electrons. The molecular formula is C55H81ClO16. The summed E-state index contributed by atoms with van der Waals surface area (Å²) in [6.45, 7) is 19.1.